The molecule has 5 nitrogen and oxygen atoms in total. The lowest BCUT2D eigenvalue weighted by Gasteiger charge is -2.19. The lowest BCUT2D eigenvalue weighted by molar-refractivity contribution is -0.116. The molecule has 3 aromatic rings. The lowest BCUT2D eigenvalue weighted by Crippen LogP contribution is -2.26. The van der Waals surface area contributed by atoms with Crippen LogP contribution in [0.1, 0.15) is 18.1 Å². The third-order valence-corrected chi connectivity index (χ3v) is 4.61. The summed E-state index contributed by atoms with van der Waals surface area (Å²) in [6.07, 6.45) is 0.859. The monoisotopic (exact) mass is 333 g/mol. The van der Waals surface area contributed by atoms with Crippen LogP contribution >= 0.6 is 0 Å². The number of nitrogens with zero attached hydrogens (tertiary/aromatic N) is 2. The normalized spacial score (nSPS) is 13.1. The summed E-state index contributed by atoms with van der Waals surface area (Å²) < 4.78 is 0. The summed E-state index contributed by atoms with van der Waals surface area (Å²) in [5, 5.41) is 14.0. The molecule has 0 saturated heterocycles. The molecule has 1 amide bonds. The number of aromatic nitrogens is 1. The highest BCUT2D eigenvalue weighted by Gasteiger charge is 2.25. The van der Waals surface area contributed by atoms with Crippen molar-refractivity contribution in [3.05, 3.63) is 59.7 Å². The summed E-state index contributed by atoms with van der Waals surface area (Å²) in [4.78, 5) is 18.4. The Labute approximate surface area is 145 Å². The number of carbonyl (C=O) groups excluding carboxylic acids is 1. The second-order valence-corrected chi connectivity index (χ2v) is 6.20. The molecule has 0 unspecified atom stereocenters. The minimum absolute atomic E-state index is 0.0375. The summed E-state index contributed by atoms with van der Waals surface area (Å²) in [6.45, 7) is 2.24. The predicted octanol–water partition coefficient (Wildman–Crippen LogP) is 3.38. The number of amides is 1. The third kappa shape index (κ3) is 2.72. The maximum atomic E-state index is 11.9. The molecule has 0 fully saturated rings. The van der Waals surface area contributed by atoms with E-state index in [0.29, 0.717) is 12.4 Å². The van der Waals surface area contributed by atoms with Gasteiger partial charge in [0.2, 0.25) is 5.91 Å². The molecule has 2 N–H and O–H groups in total. The van der Waals surface area contributed by atoms with Gasteiger partial charge in [-0.2, -0.15) is 0 Å². The van der Waals surface area contributed by atoms with E-state index in [1.165, 1.54) is 0 Å². The van der Waals surface area contributed by atoms with Gasteiger partial charge in [-0.25, -0.2) is 4.98 Å². The Balaban J connectivity index is 1.78. The van der Waals surface area contributed by atoms with Crippen LogP contribution in [-0.4, -0.2) is 22.5 Å². The van der Waals surface area contributed by atoms with Crippen molar-refractivity contribution in [2.24, 2.45) is 0 Å². The number of pyridine rings is 1. The average molecular weight is 333 g/mol. The van der Waals surface area contributed by atoms with Crippen molar-refractivity contribution in [1.29, 1.82) is 0 Å². The summed E-state index contributed by atoms with van der Waals surface area (Å²) in [7, 11) is 0. The molecule has 2 aromatic carbocycles. The number of para-hydroxylation sites is 2. The van der Waals surface area contributed by atoms with Crippen LogP contribution in [0.5, 0.6) is 0 Å². The standard InChI is InChI=1S/C20H19N3O2/c1-13(25)23-10-9-14-5-4-8-18(20(14)23)22-19-11-15(12-24)16-6-2-3-7-17(16)21-19/h2-8,11,24H,9-10,12H2,1H3,(H,21,22). The van der Waals surface area contributed by atoms with E-state index >= 15 is 0 Å². The number of hydrogen-bond donors (Lipinski definition) is 2. The summed E-state index contributed by atoms with van der Waals surface area (Å²) in [6, 6.07) is 15.6. The number of fused-ring (bicyclic) bond motifs is 2. The van der Waals surface area contributed by atoms with Crippen molar-refractivity contribution in [3.8, 4) is 0 Å². The SMILES string of the molecule is CC(=O)N1CCc2cccc(Nc3cc(CO)c4ccccc4n3)c21. The van der Waals surface area contributed by atoms with Gasteiger partial charge in [-0.05, 0) is 35.7 Å². The van der Waals surface area contributed by atoms with Gasteiger partial charge in [0, 0.05) is 18.9 Å². The Morgan fingerprint density at radius 1 is 1.24 bits per heavy atom. The Hall–Kier alpha value is -2.92. The molecule has 1 aliphatic rings. The second kappa shape index (κ2) is 6.18. The van der Waals surface area contributed by atoms with Gasteiger partial charge in [0.25, 0.3) is 0 Å². The van der Waals surface area contributed by atoms with Crippen LogP contribution in [0.15, 0.2) is 48.5 Å². The fraction of sp³-hybridized carbons (Fsp3) is 0.200. The number of hydrogen-bond acceptors (Lipinski definition) is 4. The number of aliphatic hydroxyl groups excluding tert-OH is 1. The molecular formula is C20H19N3O2. The summed E-state index contributed by atoms with van der Waals surface area (Å²) >= 11 is 0. The van der Waals surface area contributed by atoms with E-state index in [1.807, 2.05) is 42.5 Å². The number of rotatable bonds is 3. The summed E-state index contributed by atoms with van der Waals surface area (Å²) in [5.41, 5.74) is 4.59. The van der Waals surface area contributed by atoms with Crippen molar-refractivity contribution in [2.45, 2.75) is 20.0 Å². The number of benzene rings is 2. The molecule has 0 spiro atoms. The first-order chi connectivity index (χ1) is 12.2. The van der Waals surface area contributed by atoms with Gasteiger partial charge in [0.15, 0.2) is 0 Å². The highest BCUT2D eigenvalue weighted by atomic mass is 16.3. The Kier molecular flexibility index (Phi) is 3.86. The van der Waals surface area contributed by atoms with E-state index in [-0.39, 0.29) is 12.5 Å². The quantitative estimate of drug-likeness (QED) is 0.771. The Morgan fingerprint density at radius 3 is 2.88 bits per heavy atom. The first kappa shape index (κ1) is 15.6. The molecule has 1 aromatic heterocycles. The second-order valence-electron chi connectivity index (χ2n) is 6.20. The number of aliphatic hydroxyl groups is 1. The van der Waals surface area contributed by atoms with E-state index in [9.17, 15) is 9.90 Å². The minimum Gasteiger partial charge on any atom is -0.392 e. The van der Waals surface area contributed by atoms with Crippen LogP contribution in [0, 0.1) is 0 Å². The van der Waals surface area contributed by atoms with Crippen LogP contribution in [0.3, 0.4) is 0 Å². The van der Waals surface area contributed by atoms with E-state index in [0.717, 1.165) is 39.8 Å². The topological polar surface area (TPSA) is 65.5 Å². The third-order valence-electron chi connectivity index (χ3n) is 4.61. The van der Waals surface area contributed by atoms with Crippen molar-refractivity contribution in [3.63, 3.8) is 0 Å². The zero-order valence-electron chi connectivity index (χ0n) is 14.0. The Morgan fingerprint density at radius 2 is 2.08 bits per heavy atom. The lowest BCUT2D eigenvalue weighted by atomic mass is 10.1. The smallest absolute Gasteiger partial charge is 0.223 e. The van der Waals surface area contributed by atoms with E-state index in [2.05, 4.69) is 16.4 Å². The zero-order valence-corrected chi connectivity index (χ0v) is 14.0. The predicted molar refractivity (Wildman–Crippen MR) is 99.1 cm³/mol. The van der Waals surface area contributed by atoms with Crippen molar-refractivity contribution in [2.75, 3.05) is 16.8 Å². The zero-order chi connectivity index (χ0) is 17.4. The van der Waals surface area contributed by atoms with E-state index in [1.54, 1.807) is 11.8 Å². The first-order valence-corrected chi connectivity index (χ1v) is 8.34. The van der Waals surface area contributed by atoms with Crippen molar-refractivity contribution >= 4 is 34.0 Å². The van der Waals surface area contributed by atoms with Gasteiger partial charge in [-0.15, -0.1) is 0 Å². The molecule has 4 rings (SSSR count). The first-order valence-electron chi connectivity index (χ1n) is 8.34. The Bertz CT molecular complexity index is 968. The molecule has 0 saturated carbocycles. The molecular weight excluding hydrogens is 314 g/mol. The maximum Gasteiger partial charge on any atom is 0.223 e. The molecule has 5 heteroatoms. The molecule has 1 aliphatic heterocycles. The molecule has 0 atom stereocenters. The highest BCUT2D eigenvalue weighted by molar-refractivity contribution is 5.98. The van der Waals surface area contributed by atoms with Crippen LogP contribution < -0.4 is 10.2 Å². The largest absolute Gasteiger partial charge is 0.392 e. The van der Waals surface area contributed by atoms with Gasteiger partial charge in [0.05, 0.1) is 23.5 Å². The molecule has 0 aliphatic carbocycles. The van der Waals surface area contributed by atoms with Gasteiger partial charge in [0.1, 0.15) is 5.82 Å². The van der Waals surface area contributed by atoms with Crippen molar-refractivity contribution in [1.82, 2.24) is 4.98 Å². The van der Waals surface area contributed by atoms with E-state index in [4.69, 9.17) is 0 Å². The number of nitrogens with one attached hydrogen (secondary N) is 1. The molecule has 2 heterocycles. The van der Waals surface area contributed by atoms with Crippen molar-refractivity contribution < 1.29 is 9.90 Å². The number of anilines is 3. The van der Waals surface area contributed by atoms with E-state index < -0.39 is 0 Å². The molecule has 0 bridgehead atoms. The van der Waals surface area contributed by atoms with Crippen LogP contribution in [0.2, 0.25) is 0 Å². The van der Waals surface area contributed by atoms with Gasteiger partial charge in [-0.3, -0.25) is 4.79 Å². The van der Waals surface area contributed by atoms with Gasteiger partial charge < -0.3 is 15.3 Å². The minimum atomic E-state index is -0.0514. The molecule has 25 heavy (non-hydrogen) atoms. The van der Waals surface area contributed by atoms with Crippen LogP contribution in [-0.2, 0) is 17.8 Å². The van der Waals surface area contributed by atoms with Crippen LogP contribution in [0.4, 0.5) is 17.2 Å². The average Bonchev–Trinajstić information content (AvgIpc) is 3.06. The molecule has 126 valence electrons. The fourth-order valence-corrected chi connectivity index (χ4v) is 3.45. The fourth-order valence-electron chi connectivity index (χ4n) is 3.45. The van der Waals surface area contributed by atoms with Gasteiger partial charge in [-0.1, -0.05) is 30.3 Å². The van der Waals surface area contributed by atoms with Gasteiger partial charge >= 0.3 is 0 Å². The van der Waals surface area contributed by atoms with Crippen LogP contribution in [0.25, 0.3) is 10.9 Å². The highest BCUT2D eigenvalue weighted by Crippen LogP contribution is 2.37. The number of carbonyl (C=O) groups is 1. The summed E-state index contributed by atoms with van der Waals surface area (Å²) in [5.74, 6) is 0.696. The maximum absolute atomic E-state index is 11.9. The molecule has 0 radical (unpaired) electrons.